The zero-order chi connectivity index (χ0) is 12.8. The van der Waals surface area contributed by atoms with Gasteiger partial charge in [-0.2, -0.15) is 0 Å². The first-order chi connectivity index (χ1) is 8.02. The number of carbonyl (C=O) groups excluding carboxylic acids is 1. The minimum absolute atomic E-state index is 0.0634. The average Bonchev–Trinajstić information content (AvgIpc) is 2.23. The standard InChI is InChI=1S/C9H13N5O3/c1-6-2-3-11-8(7(6)14(16)17)12-4-5-13-9(10)15/h2-3H,4-5H2,1H3,(H,11,12)(H3,10,13,15). The van der Waals surface area contributed by atoms with E-state index in [9.17, 15) is 14.9 Å². The molecule has 92 valence electrons. The van der Waals surface area contributed by atoms with Crippen LogP contribution in [-0.2, 0) is 0 Å². The van der Waals surface area contributed by atoms with Crippen molar-refractivity contribution in [1.82, 2.24) is 10.3 Å². The fraction of sp³-hybridized carbons (Fsp3) is 0.333. The van der Waals surface area contributed by atoms with Crippen molar-refractivity contribution in [2.45, 2.75) is 6.92 Å². The lowest BCUT2D eigenvalue weighted by molar-refractivity contribution is -0.384. The molecule has 0 aromatic carbocycles. The van der Waals surface area contributed by atoms with Crippen LogP contribution in [0, 0.1) is 17.0 Å². The summed E-state index contributed by atoms with van der Waals surface area (Å²) < 4.78 is 0. The number of pyridine rings is 1. The molecule has 17 heavy (non-hydrogen) atoms. The first-order valence-corrected chi connectivity index (χ1v) is 4.89. The van der Waals surface area contributed by atoms with Crippen molar-refractivity contribution in [1.29, 1.82) is 0 Å². The number of hydrogen-bond acceptors (Lipinski definition) is 5. The molecular weight excluding hydrogens is 226 g/mol. The van der Waals surface area contributed by atoms with Crippen molar-refractivity contribution < 1.29 is 9.72 Å². The Hall–Kier alpha value is -2.38. The second kappa shape index (κ2) is 5.64. The molecule has 0 spiro atoms. The number of nitrogens with two attached hydrogens (primary N) is 1. The smallest absolute Gasteiger partial charge is 0.314 e. The maximum Gasteiger partial charge on any atom is 0.314 e. The first kappa shape index (κ1) is 12.7. The quantitative estimate of drug-likeness (QED) is 0.389. The van der Waals surface area contributed by atoms with Gasteiger partial charge in [0.15, 0.2) is 0 Å². The number of aryl methyl sites for hydroxylation is 1. The Morgan fingerprint density at radius 1 is 1.59 bits per heavy atom. The van der Waals surface area contributed by atoms with Crippen LogP contribution in [-0.4, -0.2) is 29.0 Å². The normalized spacial score (nSPS) is 9.71. The summed E-state index contributed by atoms with van der Waals surface area (Å²) in [5.41, 5.74) is 5.33. The number of nitrogens with one attached hydrogen (secondary N) is 2. The number of primary amides is 1. The molecule has 0 fully saturated rings. The van der Waals surface area contributed by atoms with Crippen molar-refractivity contribution in [2.75, 3.05) is 18.4 Å². The van der Waals surface area contributed by atoms with E-state index in [-0.39, 0.29) is 18.1 Å². The molecule has 0 aliphatic rings. The Labute approximate surface area is 97.4 Å². The van der Waals surface area contributed by atoms with Gasteiger partial charge in [-0.1, -0.05) is 0 Å². The van der Waals surface area contributed by atoms with E-state index in [1.54, 1.807) is 13.0 Å². The summed E-state index contributed by atoms with van der Waals surface area (Å²) in [5.74, 6) is 0.182. The van der Waals surface area contributed by atoms with Gasteiger partial charge in [0.2, 0.25) is 5.82 Å². The number of carbonyl (C=O) groups is 1. The highest BCUT2D eigenvalue weighted by atomic mass is 16.6. The molecule has 8 heteroatoms. The lowest BCUT2D eigenvalue weighted by Gasteiger charge is -2.07. The van der Waals surface area contributed by atoms with Gasteiger partial charge in [-0.15, -0.1) is 0 Å². The molecule has 0 atom stereocenters. The number of anilines is 1. The van der Waals surface area contributed by atoms with Crippen molar-refractivity contribution in [2.24, 2.45) is 5.73 Å². The van der Waals surface area contributed by atoms with Crippen LogP contribution in [0.5, 0.6) is 0 Å². The van der Waals surface area contributed by atoms with Gasteiger partial charge in [0, 0.05) is 24.8 Å². The van der Waals surface area contributed by atoms with Crippen molar-refractivity contribution in [3.8, 4) is 0 Å². The third kappa shape index (κ3) is 3.59. The molecule has 0 radical (unpaired) electrons. The van der Waals surface area contributed by atoms with Gasteiger partial charge in [-0.05, 0) is 13.0 Å². The highest BCUT2D eigenvalue weighted by Crippen LogP contribution is 2.24. The van der Waals surface area contributed by atoms with Crippen LogP contribution in [0.3, 0.4) is 0 Å². The summed E-state index contributed by atoms with van der Waals surface area (Å²) in [7, 11) is 0. The monoisotopic (exact) mass is 239 g/mol. The topological polar surface area (TPSA) is 123 Å². The predicted octanol–water partition coefficient (Wildman–Crippen LogP) is 0.378. The van der Waals surface area contributed by atoms with Crippen LogP contribution in [0.4, 0.5) is 16.3 Å². The van der Waals surface area contributed by atoms with E-state index >= 15 is 0 Å². The van der Waals surface area contributed by atoms with Gasteiger partial charge in [0.05, 0.1) is 4.92 Å². The van der Waals surface area contributed by atoms with E-state index in [1.807, 2.05) is 0 Å². The van der Waals surface area contributed by atoms with E-state index in [4.69, 9.17) is 5.73 Å². The van der Waals surface area contributed by atoms with Gasteiger partial charge in [0.1, 0.15) is 0 Å². The van der Waals surface area contributed by atoms with Crippen LogP contribution in [0.15, 0.2) is 12.3 Å². The third-order valence-electron chi connectivity index (χ3n) is 2.03. The van der Waals surface area contributed by atoms with Crippen molar-refractivity contribution in [3.63, 3.8) is 0 Å². The molecule has 0 unspecified atom stereocenters. The average molecular weight is 239 g/mol. The third-order valence-corrected chi connectivity index (χ3v) is 2.03. The number of hydrogen-bond donors (Lipinski definition) is 3. The Bertz CT molecular complexity index is 435. The molecule has 0 saturated heterocycles. The minimum Gasteiger partial charge on any atom is -0.363 e. The van der Waals surface area contributed by atoms with Gasteiger partial charge < -0.3 is 16.4 Å². The molecule has 8 nitrogen and oxygen atoms in total. The zero-order valence-electron chi connectivity index (χ0n) is 9.27. The SMILES string of the molecule is Cc1ccnc(NCCNC(N)=O)c1[N+](=O)[O-]. The second-order valence-electron chi connectivity index (χ2n) is 3.30. The van der Waals surface area contributed by atoms with Crippen LogP contribution >= 0.6 is 0 Å². The Morgan fingerprint density at radius 2 is 2.29 bits per heavy atom. The highest BCUT2D eigenvalue weighted by molar-refractivity contribution is 5.71. The lowest BCUT2D eigenvalue weighted by atomic mass is 10.2. The van der Waals surface area contributed by atoms with Gasteiger partial charge >= 0.3 is 11.7 Å². The van der Waals surface area contributed by atoms with Crippen LogP contribution in [0.25, 0.3) is 0 Å². The molecule has 1 aromatic rings. The largest absolute Gasteiger partial charge is 0.363 e. The van der Waals surface area contributed by atoms with E-state index in [0.29, 0.717) is 12.1 Å². The molecule has 2 amide bonds. The Balaban J connectivity index is 2.67. The van der Waals surface area contributed by atoms with E-state index in [0.717, 1.165) is 0 Å². The summed E-state index contributed by atoms with van der Waals surface area (Å²) >= 11 is 0. The molecule has 0 aliphatic heterocycles. The lowest BCUT2D eigenvalue weighted by Crippen LogP contribution is -2.33. The molecule has 0 saturated carbocycles. The Kier molecular flexibility index (Phi) is 4.21. The molecule has 1 heterocycles. The van der Waals surface area contributed by atoms with E-state index < -0.39 is 11.0 Å². The number of rotatable bonds is 5. The summed E-state index contributed by atoms with van der Waals surface area (Å²) in [6.45, 7) is 2.20. The molecule has 0 aliphatic carbocycles. The van der Waals surface area contributed by atoms with Gasteiger partial charge in [-0.25, -0.2) is 9.78 Å². The molecule has 1 aromatic heterocycles. The van der Waals surface area contributed by atoms with Crippen molar-refractivity contribution >= 4 is 17.5 Å². The number of amides is 2. The maximum atomic E-state index is 10.8. The number of aromatic nitrogens is 1. The fourth-order valence-corrected chi connectivity index (χ4v) is 1.28. The van der Waals surface area contributed by atoms with Gasteiger partial charge in [-0.3, -0.25) is 10.1 Å². The van der Waals surface area contributed by atoms with Gasteiger partial charge in [0.25, 0.3) is 0 Å². The van der Waals surface area contributed by atoms with Crippen LogP contribution in [0.2, 0.25) is 0 Å². The number of urea groups is 1. The van der Waals surface area contributed by atoms with E-state index in [2.05, 4.69) is 15.6 Å². The fourth-order valence-electron chi connectivity index (χ4n) is 1.28. The summed E-state index contributed by atoms with van der Waals surface area (Å²) in [4.78, 5) is 24.6. The maximum absolute atomic E-state index is 10.8. The first-order valence-electron chi connectivity index (χ1n) is 4.89. The summed E-state index contributed by atoms with van der Waals surface area (Å²) in [6, 6.07) is 0.920. The minimum atomic E-state index is -0.640. The van der Waals surface area contributed by atoms with Crippen molar-refractivity contribution in [3.05, 3.63) is 27.9 Å². The zero-order valence-corrected chi connectivity index (χ0v) is 9.27. The van der Waals surface area contributed by atoms with E-state index in [1.165, 1.54) is 6.20 Å². The highest BCUT2D eigenvalue weighted by Gasteiger charge is 2.17. The number of nitrogens with zero attached hydrogens (tertiary/aromatic N) is 2. The van der Waals surface area contributed by atoms with Crippen LogP contribution < -0.4 is 16.4 Å². The summed E-state index contributed by atoms with van der Waals surface area (Å²) in [5, 5.41) is 15.9. The number of nitro groups is 1. The van der Waals surface area contributed by atoms with Crippen LogP contribution in [0.1, 0.15) is 5.56 Å². The Morgan fingerprint density at radius 3 is 2.88 bits per heavy atom. The molecule has 1 rings (SSSR count). The summed E-state index contributed by atoms with van der Waals surface area (Å²) in [6.07, 6.45) is 1.48. The molecular formula is C9H13N5O3. The predicted molar refractivity (Wildman–Crippen MR) is 61.7 cm³/mol. The molecule has 0 bridgehead atoms. The second-order valence-corrected chi connectivity index (χ2v) is 3.30. The molecule has 4 N–H and O–H groups in total.